The second kappa shape index (κ2) is 6.80. The van der Waals surface area contributed by atoms with Crippen LogP contribution >= 0.6 is 0 Å². The van der Waals surface area contributed by atoms with Crippen LogP contribution in [0, 0.1) is 11.3 Å². The van der Waals surface area contributed by atoms with Crippen LogP contribution in [-0.2, 0) is 4.74 Å². The topological polar surface area (TPSA) is 45.0 Å². The van der Waals surface area contributed by atoms with Crippen LogP contribution in [0.25, 0.3) is 0 Å². The van der Waals surface area contributed by atoms with Crippen LogP contribution in [0.1, 0.15) is 40.0 Å². The Labute approximate surface area is 87.4 Å². The zero-order valence-electron chi connectivity index (χ0n) is 9.76. The maximum atomic E-state index is 8.94. The van der Waals surface area contributed by atoms with Gasteiger partial charge in [-0.25, -0.2) is 0 Å². The molecule has 82 valence electrons. The minimum absolute atomic E-state index is 0.138. The summed E-state index contributed by atoms with van der Waals surface area (Å²) in [4.78, 5) is 0. The van der Waals surface area contributed by atoms with E-state index in [1.165, 1.54) is 0 Å². The van der Waals surface area contributed by atoms with Crippen LogP contribution in [0.3, 0.4) is 0 Å². The summed E-state index contributed by atoms with van der Waals surface area (Å²) < 4.78 is 5.59. The fourth-order valence-electron chi connectivity index (χ4n) is 1.27. The van der Waals surface area contributed by atoms with E-state index >= 15 is 0 Å². The van der Waals surface area contributed by atoms with Crippen LogP contribution in [0.15, 0.2) is 0 Å². The molecule has 2 unspecified atom stereocenters. The van der Waals surface area contributed by atoms with Crippen molar-refractivity contribution < 1.29 is 4.74 Å². The summed E-state index contributed by atoms with van der Waals surface area (Å²) in [6.45, 7) is 6.85. The van der Waals surface area contributed by atoms with Gasteiger partial charge in [0.05, 0.1) is 12.2 Å². The number of hydrogen-bond acceptors (Lipinski definition) is 3. The fourth-order valence-corrected chi connectivity index (χ4v) is 1.27. The van der Waals surface area contributed by atoms with Crippen molar-refractivity contribution in [3.63, 3.8) is 0 Å². The van der Waals surface area contributed by atoms with Crippen molar-refractivity contribution in [1.82, 2.24) is 5.32 Å². The molecule has 0 bridgehead atoms. The van der Waals surface area contributed by atoms with Crippen molar-refractivity contribution in [3.8, 4) is 6.07 Å². The fraction of sp³-hybridized carbons (Fsp3) is 0.909. The molecule has 0 rings (SSSR count). The second-order valence-electron chi connectivity index (χ2n) is 3.93. The van der Waals surface area contributed by atoms with E-state index in [0.29, 0.717) is 0 Å². The zero-order chi connectivity index (χ0) is 11.0. The molecule has 0 aliphatic rings. The predicted octanol–water partition coefficient (Wildman–Crippen LogP) is 2.08. The Hall–Kier alpha value is -0.590. The van der Waals surface area contributed by atoms with Crippen LogP contribution in [-0.4, -0.2) is 25.3 Å². The van der Waals surface area contributed by atoms with Crippen molar-refractivity contribution >= 4 is 0 Å². The highest BCUT2D eigenvalue weighted by Crippen LogP contribution is 2.13. The Balaban J connectivity index is 3.81. The minimum atomic E-state index is -0.467. The summed E-state index contributed by atoms with van der Waals surface area (Å²) in [5.41, 5.74) is -0.467. The summed E-state index contributed by atoms with van der Waals surface area (Å²) in [6, 6.07) is 2.26. The average molecular weight is 198 g/mol. The smallest absolute Gasteiger partial charge is 0.106 e. The summed E-state index contributed by atoms with van der Waals surface area (Å²) in [6.07, 6.45) is 3.10. The van der Waals surface area contributed by atoms with Crippen molar-refractivity contribution in [3.05, 3.63) is 0 Å². The van der Waals surface area contributed by atoms with Crippen molar-refractivity contribution in [2.24, 2.45) is 0 Å². The standard InChI is InChI=1S/C11H22N2O/c1-5-6-7-14-10(2)8-11(3,9-12)13-4/h10,13H,5-8H2,1-4H3. The van der Waals surface area contributed by atoms with Gasteiger partial charge in [0.15, 0.2) is 0 Å². The summed E-state index contributed by atoms with van der Waals surface area (Å²) in [5.74, 6) is 0. The highest BCUT2D eigenvalue weighted by atomic mass is 16.5. The van der Waals surface area contributed by atoms with Gasteiger partial charge in [-0.1, -0.05) is 13.3 Å². The van der Waals surface area contributed by atoms with Gasteiger partial charge in [-0.15, -0.1) is 0 Å². The van der Waals surface area contributed by atoms with Gasteiger partial charge in [0.25, 0.3) is 0 Å². The number of nitriles is 1. The van der Waals surface area contributed by atoms with Gasteiger partial charge in [-0.05, 0) is 27.3 Å². The predicted molar refractivity (Wildman–Crippen MR) is 58.0 cm³/mol. The first-order valence-electron chi connectivity index (χ1n) is 5.29. The SMILES string of the molecule is CCCCOC(C)CC(C)(C#N)NC. The molecule has 0 saturated heterocycles. The van der Waals surface area contributed by atoms with Gasteiger partial charge in [0.2, 0.25) is 0 Å². The Morgan fingerprint density at radius 3 is 2.64 bits per heavy atom. The Kier molecular flexibility index (Phi) is 6.52. The first kappa shape index (κ1) is 13.4. The average Bonchev–Trinajstić information content (AvgIpc) is 2.18. The molecule has 0 fully saturated rings. The lowest BCUT2D eigenvalue weighted by Gasteiger charge is -2.24. The molecule has 3 nitrogen and oxygen atoms in total. The maximum Gasteiger partial charge on any atom is 0.106 e. The van der Waals surface area contributed by atoms with E-state index in [1.54, 1.807) is 0 Å². The maximum absolute atomic E-state index is 8.94. The van der Waals surface area contributed by atoms with E-state index in [4.69, 9.17) is 10.00 Å². The highest BCUT2D eigenvalue weighted by Gasteiger charge is 2.24. The number of hydrogen-bond donors (Lipinski definition) is 1. The molecular weight excluding hydrogens is 176 g/mol. The Bertz CT molecular complexity index is 188. The first-order chi connectivity index (χ1) is 6.58. The molecule has 2 atom stereocenters. The van der Waals surface area contributed by atoms with Gasteiger partial charge >= 0.3 is 0 Å². The van der Waals surface area contributed by atoms with Crippen LogP contribution in [0.2, 0.25) is 0 Å². The van der Waals surface area contributed by atoms with Gasteiger partial charge in [-0.2, -0.15) is 5.26 Å². The molecule has 0 aromatic carbocycles. The molecule has 14 heavy (non-hydrogen) atoms. The monoisotopic (exact) mass is 198 g/mol. The quantitative estimate of drug-likeness (QED) is 0.637. The Morgan fingerprint density at radius 2 is 2.21 bits per heavy atom. The first-order valence-corrected chi connectivity index (χ1v) is 5.29. The van der Waals surface area contributed by atoms with Crippen LogP contribution in [0.5, 0.6) is 0 Å². The van der Waals surface area contributed by atoms with Crippen molar-refractivity contribution in [2.45, 2.75) is 51.7 Å². The Morgan fingerprint density at radius 1 is 1.57 bits per heavy atom. The van der Waals surface area contributed by atoms with E-state index in [1.807, 2.05) is 20.9 Å². The normalized spacial score (nSPS) is 17.1. The van der Waals surface area contributed by atoms with E-state index in [0.717, 1.165) is 25.9 Å². The molecule has 0 spiro atoms. The third-order valence-corrected chi connectivity index (χ3v) is 2.39. The molecule has 0 radical (unpaired) electrons. The molecule has 0 heterocycles. The van der Waals surface area contributed by atoms with E-state index in [-0.39, 0.29) is 6.10 Å². The van der Waals surface area contributed by atoms with Crippen LogP contribution in [0.4, 0.5) is 0 Å². The van der Waals surface area contributed by atoms with E-state index in [9.17, 15) is 0 Å². The van der Waals surface area contributed by atoms with Gasteiger partial charge < -0.3 is 10.1 Å². The van der Waals surface area contributed by atoms with Gasteiger partial charge in [-0.3, -0.25) is 0 Å². The lowest BCUT2D eigenvalue weighted by molar-refractivity contribution is 0.0467. The number of rotatable bonds is 7. The molecule has 0 saturated carbocycles. The molecule has 0 amide bonds. The molecule has 3 heteroatoms. The molecule has 0 aromatic heterocycles. The summed E-state index contributed by atoms with van der Waals surface area (Å²) in [5, 5.41) is 11.9. The van der Waals surface area contributed by atoms with E-state index < -0.39 is 5.54 Å². The summed E-state index contributed by atoms with van der Waals surface area (Å²) in [7, 11) is 1.81. The van der Waals surface area contributed by atoms with Gasteiger partial charge in [0.1, 0.15) is 5.54 Å². The van der Waals surface area contributed by atoms with Crippen molar-refractivity contribution in [1.29, 1.82) is 5.26 Å². The molecule has 0 aromatic rings. The minimum Gasteiger partial charge on any atom is -0.378 e. The van der Waals surface area contributed by atoms with Gasteiger partial charge in [0, 0.05) is 13.0 Å². The second-order valence-corrected chi connectivity index (χ2v) is 3.93. The highest BCUT2D eigenvalue weighted by molar-refractivity contribution is 5.03. The number of nitrogens with one attached hydrogen (secondary N) is 1. The van der Waals surface area contributed by atoms with Crippen molar-refractivity contribution in [2.75, 3.05) is 13.7 Å². The van der Waals surface area contributed by atoms with E-state index in [2.05, 4.69) is 18.3 Å². The molecular formula is C11H22N2O. The lowest BCUT2D eigenvalue weighted by atomic mass is 9.97. The zero-order valence-corrected chi connectivity index (χ0v) is 9.76. The number of ether oxygens (including phenoxy) is 1. The molecule has 1 N–H and O–H groups in total. The summed E-state index contributed by atoms with van der Waals surface area (Å²) >= 11 is 0. The molecule has 0 aliphatic heterocycles. The number of nitrogens with zero attached hydrogens (tertiary/aromatic N) is 1. The lowest BCUT2D eigenvalue weighted by Crippen LogP contribution is -2.41. The third kappa shape index (κ3) is 5.21. The number of unbranched alkanes of at least 4 members (excludes halogenated alkanes) is 1. The third-order valence-electron chi connectivity index (χ3n) is 2.39. The molecule has 0 aliphatic carbocycles. The largest absolute Gasteiger partial charge is 0.378 e. The van der Waals surface area contributed by atoms with Crippen LogP contribution < -0.4 is 5.32 Å².